The fourth-order valence-corrected chi connectivity index (χ4v) is 4.31. The second kappa shape index (κ2) is 8.94. The molecule has 1 N–H and O–H groups in total. The maximum Gasteiger partial charge on any atom is 0.265 e. The number of nitrogens with one attached hydrogen (secondary N) is 1. The molecule has 1 fully saturated rings. The standard InChI is InChI=1S/C27H24N4O3/c1-18-29-24-6-3-2-5-23(24)27(34)31(18)22-14-10-20(11-15-22)26(33)28-17-19-8-12-21(13-9-19)30-16-4-7-25(30)32/h2-3,5-6,8-15H,4,7,16-17H2,1H3,(H,28,33). The molecule has 0 spiro atoms. The van der Waals surface area contributed by atoms with Gasteiger partial charge in [-0.2, -0.15) is 0 Å². The number of carbonyl (C=O) groups excluding carboxylic acids is 2. The molecular formula is C27H24N4O3. The van der Waals surface area contributed by atoms with Crippen LogP contribution in [0.5, 0.6) is 0 Å². The lowest BCUT2D eigenvalue weighted by molar-refractivity contribution is -0.117. The number of hydrogen-bond acceptors (Lipinski definition) is 4. The fraction of sp³-hybridized carbons (Fsp3) is 0.185. The zero-order chi connectivity index (χ0) is 23.7. The fourth-order valence-electron chi connectivity index (χ4n) is 4.31. The molecule has 7 nitrogen and oxygen atoms in total. The van der Waals surface area contributed by atoms with Gasteiger partial charge in [0, 0.05) is 30.8 Å². The van der Waals surface area contributed by atoms with Crippen LogP contribution in [0.1, 0.15) is 34.6 Å². The zero-order valence-corrected chi connectivity index (χ0v) is 18.8. The molecular weight excluding hydrogens is 428 g/mol. The molecule has 170 valence electrons. The average molecular weight is 453 g/mol. The number of aryl methyl sites for hydroxylation is 1. The Bertz CT molecular complexity index is 1440. The maximum absolute atomic E-state index is 13.0. The lowest BCUT2D eigenvalue weighted by Crippen LogP contribution is -2.24. The number of nitrogens with zero attached hydrogens (tertiary/aromatic N) is 3. The van der Waals surface area contributed by atoms with Gasteiger partial charge in [0.1, 0.15) is 5.82 Å². The molecule has 0 bridgehead atoms. The first-order valence-corrected chi connectivity index (χ1v) is 11.3. The molecule has 2 heterocycles. The van der Waals surface area contributed by atoms with Gasteiger partial charge < -0.3 is 10.2 Å². The van der Waals surface area contributed by atoms with E-state index < -0.39 is 0 Å². The van der Waals surface area contributed by atoms with Crippen molar-refractivity contribution in [1.82, 2.24) is 14.9 Å². The van der Waals surface area contributed by atoms with E-state index >= 15 is 0 Å². The van der Waals surface area contributed by atoms with Crippen LogP contribution >= 0.6 is 0 Å². The minimum Gasteiger partial charge on any atom is -0.348 e. The number of aromatic nitrogens is 2. The predicted molar refractivity (Wildman–Crippen MR) is 131 cm³/mol. The van der Waals surface area contributed by atoms with Crippen molar-refractivity contribution in [3.05, 3.63) is 100 Å². The summed E-state index contributed by atoms with van der Waals surface area (Å²) in [4.78, 5) is 43.8. The molecule has 0 aliphatic carbocycles. The zero-order valence-electron chi connectivity index (χ0n) is 18.8. The highest BCUT2D eigenvalue weighted by Crippen LogP contribution is 2.21. The molecule has 5 rings (SSSR count). The van der Waals surface area contributed by atoms with Crippen molar-refractivity contribution < 1.29 is 9.59 Å². The molecule has 1 aliphatic rings. The summed E-state index contributed by atoms with van der Waals surface area (Å²) in [6.45, 7) is 2.92. The van der Waals surface area contributed by atoms with E-state index in [9.17, 15) is 14.4 Å². The number of fused-ring (bicyclic) bond motifs is 1. The summed E-state index contributed by atoms with van der Waals surface area (Å²) >= 11 is 0. The monoisotopic (exact) mass is 452 g/mol. The van der Waals surface area contributed by atoms with Crippen LogP contribution in [0.15, 0.2) is 77.6 Å². The molecule has 34 heavy (non-hydrogen) atoms. The van der Waals surface area contributed by atoms with Crippen molar-refractivity contribution in [2.75, 3.05) is 11.4 Å². The van der Waals surface area contributed by atoms with E-state index in [1.54, 1.807) is 46.7 Å². The first-order chi connectivity index (χ1) is 16.5. The number of amides is 2. The SMILES string of the molecule is Cc1nc2ccccc2c(=O)n1-c1ccc(C(=O)NCc2ccc(N3CCCC3=O)cc2)cc1. The topological polar surface area (TPSA) is 84.3 Å². The predicted octanol–water partition coefficient (Wildman–Crippen LogP) is 3.75. The smallest absolute Gasteiger partial charge is 0.265 e. The largest absolute Gasteiger partial charge is 0.348 e. The van der Waals surface area contributed by atoms with Crippen molar-refractivity contribution in [1.29, 1.82) is 0 Å². The van der Waals surface area contributed by atoms with Gasteiger partial charge in [-0.15, -0.1) is 0 Å². The van der Waals surface area contributed by atoms with E-state index in [2.05, 4.69) is 10.3 Å². The molecule has 2 amide bonds. The second-order valence-corrected chi connectivity index (χ2v) is 8.36. The Balaban J connectivity index is 1.28. The van der Waals surface area contributed by atoms with Gasteiger partial charge in [-0.05, 0) is 67.4 Å². The summed E-state index contributed by atoms with van der Waals surface area (Å²) in [7, 11) is 0. The number of anilines is 1. The van der Waals surface area contributed by atoms with Crippen LogP contribution in [-0.4, -0.2) is 27.9 Å². The number of benzene rings is 3. The molecule has 3 aromatic carbocycles. The van der Waals surface area contributed by atoms with E-state index in [-0.39, 0.29) is 17.4 Å². The Hall–Kier alpha value is -4.26. The maximum atomic E-state index is 13.0. The normalized spacial score (nSPS) is 13.4. The van der Waals surface area contributed by atoms with E-state index in [0.717, 1.165) is 24.2 Å². The van der Waals surface area contributed by atoms with Crippen LogP contribution < -0.4 is 15.8 Å². The van der Waals surface area contributed by atoms with Gasteiger partial charge >= 0.3 is 0 Å². The van der Waals surface area contributed by atoms with Gasteiger partial charge in [0.05, 0.1) is 16.6 Å². The first kappa shape index (κ1) is 21.6. The average Bonchev–Trinajstić information content (AvgIpc) is 3.29. The Morgan fingerprint density at radius 1 is 0.941 bits per heavy atom. The minimum atomic E-state index is -0.203. The van der Waals surface area contributed by atoms with Crippen molar-refractivity contribution >= 4 is 28.4 Å². The molecule has 0 saturated carbocycles. The molecule has 7 heteroatoms. The molecule has 1 aliphatic heterocycles. The molecule has 0 unspecified atom stereocenters. The quantitative estimate of drug-likeness (QED) is 0.500. The van der Waals surface area contributed by atoms with Gasteiger partial charge in [0.25, 0.3) is 11.5 Å². The lowest BCUT2D eigenvalue weighted by Gasteiger charge is -2.16. The van der Waals surface area contributed by atoms with E-state index in [4.69, 9.17) is 0 Å². The summed E-state index contributed by atoms with van der Waals surface area (Å²) < 4.78 is 1.55. The summed E-state index contributed by atoms with van der Waals surface area (Å²) in [6, 6.07) is 21.8. The molecule has 0 atom stereocenters. The molecule has 0 radical (unpaired) electrons. The molecule has 1 aromatic heterocycles. The van der Waals surface area contributed by atoms with Crippen LogP contribution in [0.25, 0.3) is 16.6 Å². The number of hydrogen-bond donors (Lipinski definition) is 1. The Morgan fingerprint density at radius 2 is 1.65 bits per heavy atom. The molecule has 4 aromatic rings. The highest BCUT2D eigenvalue weighted by molar-refractivity contribution is 5.95. The summed E-state index contributed by atoms with van der Waals surface area (Å²) in [6.07, 6.45) is 1.49. The Morgan fingerprint density at radius 3 is 2.35 bits per heavy atom. The Labute approximate surface area is 196 Å². The van der Waals surface area contributed by atoms with E-state index in [1.807, 2.05) is 42.5 Å². The van der Waals surface area contributed by atoms with Gasteiger partial charge in [0.15, 0.2) is 0 Å². The third-order valence-electron chi connectivity index (χ3n) is 6.11. The third kappa shape index (κ3) is 4.08. The van der Waals surface area contributed by atoms with Crippen molar-refractivity contribution in [2.45, 2.75) is 26.3 Å². The van der Waals surface area contributed by atoms with Crippen LogP contribution in [0.4, 0.5) is 5.69 Å². The Kier molecular flexibility index (Phi) is 5.67. The van der Waals surface area contributed by atoms with Crippen molar-refractivity contribution in [2.24, 2.45) is 0 Å². The van der Waals surface area contributed by atoms with Crippen molar-refractivity contribution in [3.8, 4) is 5.69 Å². The van der Waals surface area contributed by atoms with Gasteiger partial charge in [0.2, 0.25) is 5.91 Å². The molecule has 1 saturated heterocycles. The van der Waals surface area contributed by atoms with Crippen LogP contribution in [0.3, 0.4) is 0 Å². The van der Waals surface area contributed by atoms with E-state index in [1.165, 1.54) is 0 Å². The van der Waals surface area contributed by atoms with Crippen LogP contribution in [0.2, 0.25) is 0 Å². The van der Waals surface area contributed by atoms with Gasteiger partial charge in [-0.1, -0.05) is 24.3 Å². The summed E-state index contributed by atoms with van der Waals surface area (Å²) in [5.74, 6) is 0.535. The summed E-state index contributed by atoms with van der Waals surface area (Å²) in [5.41, 5.74) is 3.52. The van der Waals surface area contributed by atoms with Crippen molar-refractivity contribution in [3.63, 3.8) is 0 Å². The highest BCUT2D eigenvalue weighted by atomic mass is 16.2. The second-order valence-electron chi connectivity index (χ2n) is 8.36. The lowest BCUT2D eigenvalue weighted by atomic mass is 10.1. The third-order valence-corrected chi connectivity index (χ3v) is 6.11. The van der Waals surface area contributed by atoms with Gasteiger partial charge in [-0.25, -0.2) is 4.98 Å². The number of carbonyl (C=O) groups is 2. The van der Waals surface area contributed by atoms with E-state index in [0.29, 0.717) is 40.9 Å². The first-order valence-electron chi connectivity index (χ1n) is 11.3. The summed E-state index contributed by atoms with van der Waals surface area (Å²) in [5, 5.41) is 3.47. The number of rotatable bonds is 5. The highest BCUT2D eigenvalue weighted by Gasteiger charge is 2.21. The van der Waals surface area contributed by atoms with Gasteiger partial charge in [-0.3, -0.25) is 19.0 Å². The van der Waals surface area contributed by atoms with Crippen LogP contribution in [-0.2, 0) is 11.3 Å². The number of para-hydroxylation sites is 1. The van der Waals surface area contributed by atoms with Crippen LogP contribution in [0, 0.1) is 6.92 Å². The minimum absolute atomic E-state index is 0.139.